The molecule has 0 atom stereocenters. The van der Waals surface area contributed by atoms with Gasteiger partial charge in [-0.3, -0.25) is 9.62 Å². The first-order chi connectivity index (χ1) is 17.2. The molecule has 192 valence electrons. The van der Waals surface area contributed by atoms with Crippen LogP contribution in [0, 0.1) is 11.6 Å². The number of anilines is 2. The molecule has 1 aliphatic rings. The minimum absolute atomic E-state index is 0.0206. The summed E-state index contributed by atoms with van der Waals surface area (Å²) < 4.78 is 66.1. The van der Waals surface area contributed by atoms with E-state index in [1.165, 1.54) is 6.20 Å². The number of hydrogen-bond donors (Lipinski definition) is 2. The van der Waals surface area contributed by atoms with Gasteiger partial charge in [-0.15, -0.1) is 0 Å². The highest BCUT2D eigenvalue weighted by atomic mass is 35.5. The molecule has 3 aromatic rings. The summed E-state index contributed by atoms with van der Waals surface area (Å²) >= 11 is 5.85. The number of pyridine rings is 1. The van der Waals surface area contributed by atoms with Crippen LogP contribution in [0.25, 0.3) is 11.1 Å². The Morgan fingerprint density at radius 3 is 2.50 bits per heavy atom. The zero-order chi connectivity index (χ0) is 25.7. The number of rotatable bonds is 9. The summed E-state index contributed by atoms with van der Waals surface area (Å²) in [5, 5.41) is -0.360. The molecule has 1 fully saturated rings. The van der Waals surface area contributed by atoms with Gasteiger partial charge in [0.2, 0.25) is 10.0 Å². The quantitative estimate of drug-likeness (QED) is 0.398. The number of nitrogens with zero attached hydrogens (tertiary/aromatic N) is 2. The highest BCUT2D eigenvalue weighted by Crippen LogP contribution is 2.30. The van der Waals surface area contributed by atoms with E-state index in [0.29, 0.717) is 31.0 Å². The molecule has 12 heteroatoms. The van der Waals surface area contributed by atoms with E-state index in [4.69, 9.17) is 26.8 Å². The van der Waals surface area contributed by atoms with Gasteiger partial charge in [-0.05, 0) is 35.9 Å². The van der Waals surface area contributed by atoms with Crippen molar-refractivity contribution in [1.82, 2.24) is 9.88 Å². The fourth-order valence-electron chi connectivity index (χ4n) is 3.62. The van der Waals surface area contributed by atoms with Gasteiger partial charge in [0.15, 0.2) is 11.6 Å². The lowest BCUT2D eigenvalue weighted by Crippen LogP contribution is -2.39. The summed E-state index contributed by atoms with van der Waals surface area (Å²) in [4.78, 5) is 6.16. The lowest BCUT2D eigenvalue weighted by Gasteiger charge is -2.26. The Morgan fingerprint density at radius 2 is 1.78 bits per heavy atom. The average molecular weight is 539 g/mol. The van der Waals surface area contributed by atoms with Crippen molar-refractivity contribution < 1.29 is 26.7 Å². The maximum Gasteiger partial charge on any atom is 0.233 e. The van der Waals surface area contributed by atoms with Crippen molar-refractivity contribution in [2.75, 3.05) is 49.1 Å². The molecule has 1 saturated heterocycles. The Hall–Kier alpha value is -2.99. The van der Waals surface area contributed by atoms with E-state index in [0.717, 1.165) is 30.8 Å². The maximum absolute atomic E-state index is 14.0. The molecule has 1 aromatic heterocycles. The second-order valence-electron chi connectivity index (χ2n) is 8.17. The molecule has 0 radical (unpaired) electrons. The number of hydrogen-bond acceptors (Lipinski definition) is 7. The molecule has 0 unspecified atom stereocenters. The minimum atomic E-state index is -3.52. The lowest BCUT2D eigenvalue weighted by molar-refractivity contribution is 0.0408. The first kappa shape index (κ1) is 26.1. The smallest absolute Gasteiger partial charge is 0.233 e. The first-order valence-electron chi connectivity index (χ1n) is 11.1. The summed E-state index contributed by atoms with van der Waals surface area (Å²) in [6.45, 7) is 2.74. The van der Waals surface area contributed by atoms with Crippen LogP contribution in [0.5, 0.6) is 5.75 Å². The monoisotopic (exact) mass is 538 g/mol. The van der Waals surface area contributed by atoms with Gasteiger partial charge >= 0.3 is 0 Å². The molecular formula is C24H25ClF2N4O4S. The Bertz CT molecular complexity index is 1320. The molecule has 3 N–H and O–H groups in total. The lowest BCUT2D eigenvalue weighted by atomic mass is 10.1. The van der Waals surface area contributed by atoms with Crippen LogP contribution in [-0.2, 0) is 21.4 Å². The summed E-state index contributed by atoms with van der Waals surface area (Å²) in [7, 11) is -3.52. The Balaban J connectivity index is 1.41. The molecular weight excluding hydrogens is 514 g/mol. The van der Waals surface area contributed by atoms with Crippen LogP contribution in [0.3, 0.4) is 0 Å². The number of nitrogen functional groups attached to an aromatic ring is 1. The summed E-state index contributed by atoms with van der Waals surface area (Å²) in [6.07, 6.45) is 1.53. The van der Waals surface area contributed by atoms with E-state index >= 15 is 0 Å². The van der Waals surface area contributed by atoms with E-state index in [1.54, 1.807) is 30.3 Å². The summed E-state index contributed by atoms with van der Waals surface area (Å²) in [5.74, 6) is -1.25. The van der Waals surface area contributed by atoms with Crippen LogP contribution >= 0.6 is 11.6 Å². The third-order valence-corrected chi connectivity index (χ3v) is 7.34. The summed E-state index contributed by atoms with van der Waals surface area (Å²) in [5.41, 5.74) is 7.54. The highest BCUT2D eigenvalue weighted by molar-refractivity contribution is 7.92. The predicted octanol–water partition coefficient (Wildman–Crippen LogP) is 3.92. The van der Waals surface area contributed by atoms with Crippen LogP contribution in [0.15, 0.2) is 48.7 Å². The highest BCUT2D eigenvalue weighted by Gasteiger charge is 2.17. The Labute approximate surface area is 213 Å². The van der Waals surface area contributed by atoms with E-state index in [9.17, 15) is 17.2 Å². The van der Waals surface area contributed by atoms with Crippen molar-refractivity contribution in [2.45, 2.75) is 6.61 Å². The number of aromatic nitrogens is 1. The molecule has 8 nitrogen and oxygen atoms in total. The van der Waals surface area contributed by atoms with Crippen molar-refractivity contribution in [1.29, 1.82) is 0 Å². The van der Waals surface area contributed by atoms with Gasteiger partial charge in [0.1, 0.15) is 18.2 Å². The maximum atomic E-state index is 14.0. The number of nitrogens with one attached hydrogen (secondary N) is 1. The number of benzene rings is 2. The Kier molecular flexibility index (Phi) is 8.24. The van der Waals surface area contributed by atoms with Crippen LogP contribution in [0.2, 0.25) is 5.02 Å². The van der Waals surface area contributed by atoms with Crippen LogP contribution in [0.4, 0.5) is 20.3 Å². The number of halogens is 3. The molecule has 0 amide bonds. The second kappa shape index (κ2) is 11.4. The topological polar surface area (TPSA) is 107 Å². The number of nitrogens with two attached hydrogens (primary N) is 1. The van der Waals surface area contributed by atoms with Gasteiger partial charge in [0, 0.05) is 42.6 Å². The average Bonchev–Trinajstić information content (AvgIpc) is 2.87. The first-order valence-corrected chi connectivity index (χ1v) is 13.2. The van der Waals surface area contributed by atoms with Crippen molar-refractivity contribution in [3.05, 3.63) is 70.9 Å². The number of sulfonamides is 1. The van der Waals surface area contributed by atoms with E-state index in [2.05, 4.69) is 14.6 Å². The zero-order valence-electron chi connectivity index (χ0n) is 19.2. The molecule has 0 saturated carbocycles. The third-order valence-electron chi connectivity index (χ3n) is 5.66. The van der Waals surface area contributed by atoms with Crippen LogP contribution in [0.1, 0.15) is 5.56 Å². The van der Waals surface area contributed by atoms with E-state index in [-0.39, 0.29) is 34.5 Å². The van der Waals surface area contributed by atoms with Crippen molar-refractivity contribution in [3.63, 3.8) is 0 Å². The fourth-order valence-corrected chi connectivity index (χ4v) is 4.92. The molecule has 2 heterocycles. The van der Waals surface area contributed by atoms with E-state index in [1.807, 2.05) is 0 Å². The zero-order valence-corrected chi connectivity index (χ0v) is 20.8. The van der Waals surface area contributed by atoms with Crippen molar-refractivity contribution >= 4 is 33.1 Å². The number of morpholine rings is 1. The van der Waals surface area contributed by atoms with Gasteiger partial charge in [0.25, 0.3) is 0 Å². The van der Waals surface area contributed by atoms with Gasteiger partial charge in [-0.2, -0.15) is 0 Å². The van der Waals surface area contributed by atoms with Crippen LogP contribution in [-0.4, -0.2) is 56.9 Å². The molecule has 4 rings (SSSR count). The predicted molar refractivity (Wildman–Crippen MR) is 134 cm³/mol. The molecule has 0 bridgehead atoms. The third kappa shape index (κ3) is 6.61. The Morgan fingerprint density at radius 1 is 1.08 bits per heavy atom. The van der Waals surface area contributed by atoms with Crippen molar-refractivity contribution in [2.24, 2.45) is 0 Å². The number of ether oxygens (including phenoxy) is 2. The SMILES string of the molecule is Nc1ncc(-c2ccc(NS(=O)(=O)CCN3CCOCC3)cc2)cc1OCc1c(F)ccc(F)c1Cl. The molecule has 0 spiro atoms. The normalized spacial score (nSPS) is 14.5. The van der Waals surface area contributed by atoms with Crippen LogP contribution < -0.4 is 15.2 Å². The standard InChI is InChI=1S/C24H25ClF2N4O4S/c25-23-19(20(26)5-6-21(23)27)15-35-22-13-17(14-29-24(22)28)16-1-3-18(4-2-16)30-36(32,33)12-9-31-7-10-34-11-8-31/h1-6,13-14,30H,7-12,15H2,(H2,28,29). The fraction of sp³-hybridized carbons (Fsp3) is 0.292. The largest absolute Gasteiger partial charge is 0.485 e. The molecule has 2 aromatic carbocycles. The molecule has 1 aliphatic heterocycles. The van der Waals surface area contributed by atoms with Gasteiger partial charge in [-0.1, -0.05) is 23.7 Å². The second-order valence-corrected chi connectivity index (χ2v) is 10.4. The molecule has 0 aliphatic carbocycles. The summed E-state index contributed by atoms with van der Waals surface area (Å²) in [6, 6.07) is 10.2. The van der Waals surface area contributed by atoms with Gasteiger partial charge in [0.05, 0.1) is 24.0 Å². The minimum Gasteiger partial charge on any atom is -0.485 e. The molecule has 36 heavy (non-hydrogen) atoms. The van der Waals surface area contributed by atoms with Crippen molar-refractivity contribution in [3.8, 4) is 16.9 Å². The van der Waals surface area contributed by atoms with Gasteiger partial charge < -0.3 is 15.2 Å². The van der Waals surface area contributed by atoms with Gasteiger partial charge in [-0.25, -0.2) is 22.2 Å². The van der Waals surface area contributed by atoms with E-state index < -0.39 is 21.7 Å².